The number of halogens is 5. The minimum absolute atomic E-state index is 0.0119. The highest BCUT2D eigenvalue weighted by Gasteiger charge is 2.46. The minimum atomic E-state index is -2.61. The van der Waals surface area contributed by atoms with Crippen LogP contribution in [0.15, 0.2) is 36.9 Å². The predicted octanol–water partition coefficient (Wildman–Crippen LogP) is 7.48. The number of nitrogens with zero attached hydrogens (tertiary/aromatic N) is 5. The summed E-state index contributed by atoms with van der Waals surface area (Å²) in [6.07, 6.45) is 1.03. The van der Waals surface area contributed by atoms with Gasteiger partial charge in [-0.2, -0.15) is 15.2 Å². The predicted molar refractivity (Wildman–Crippen MR) is 175 cm³/mol. The lowest BCUT2D eigenvalue weighted by Gasteiger charge is -2.31. The molecule has 2 saturated heterocycles. The molecule has 0 spiro atoms. The summed E-state index contributed by atoms with van der Waals surface area (Å²) in [7, 11) is 0. The second kappa shape index (κ2) is 11.8. The number of thiophene rings is 1. The second-order valence-electron chi connectivity index (χ2n) is 12.1. The quantitative estimate of drug-likeness (QED) is 0.151. The van der Waals surface area contributed by atoms with E-state index in [0.717, 1.165) is 55.3 Å². The Morgan fingerprint density at radius 3 is 2.85 bits per heavy atom. The van der Waals surface area contributed by atoms with Crippen LogP contribution in [0.25, 0.3) is 32.1 Å². The van der Waals surface area contributed by atoms with Gasteiger partial charge in [-0.15, -0.1) is 17.9 Å². The summed E-state index contributed by atoms with van der Waals surface area (Å²) in [5.74, 6) is -1.42. The zero-order chi connectivity index (χ0) is 33.2. The molecular formula is C33H29ClF4N6O2S. The van der Waals surface area contributed by atoms with Crippen LogP contribution in [0.5, 0.6) is 11.8 Å². The number of rotatable bonds is 8. The van der Waals surface area contributed by atoms with Gasteiger partial charge < -0.3 is 20.1 Å². The van der Waals surface area contributed by atoms with E-state index >= 15 is 4.39 Å². The summed E-state index contributed by atoms with van der Waals surface area (Å²) in [5.41, 5.74) is 6.53. The van der Waals surface area contributed by atoms with Crippen LogP contribution in [0.2, 0.25) is 5.02 Å². The maximum Gasteiger partial charge on any atom is 0.319 e. The van der Waals surface area contributed by atoms with E-state index in [-0.39, 0.29) is 90.6 Å². The normalized spacial score (nSPS) is 20.9. The molecule has 2 aromatic carbocycles. The highest BCUT2D eigenvalue weighted by Crippen LogP contribution is 2.51. The molecule has 3 aliphatic heterocycles. The van der Waals surface area contributed by atoms with E-state index in [4.69, 9.17) is 26.8 Å². The first-order valence-corrected chi connectivity index (χ1v) is 16.2. The topological polar surface area (TPSA) is 101 Å². The maximum atomic E-state index is 17.1. The van der Waals surface area contributed by atoms with Crippen LogP contribution >= 0.6 is 22.9 Å². The molecule has 3 aliphatic rings. The molecule has 4 aromatic rings. The van der Waals surface area contributed by atoms with Crippen LogP contribution in [0, 0.1) is 23.0 Å². The number of ether oxygens (including phenoxy) is 2. The van der Waals surface area contributed by atoms with Gasteiger partial charge in [0.2, 0.25) is 6.43 Å². The lowest BCUT2D eigenvalue weighted by Crippen LogP contribution is -2.43. The fourth-order valence-corrected chi connectivity index (χ4v) is 8.44. The standard InChI is InChI=1S/C33H29ClF4N6O2S/c1-3-17-14-45-28-24-27(26(38)23(25(28)34)18-5-6-20(35)29-22(18)19(12-39)30(40)47-29)41-32(42-31(24)44(17)10-7-21(36)37)46-15-33-8-4-9-43(33)13-16(2)11-33/h3,5-6,17,21H,1-2,4,7-11,13-15,40H2/t17?,33-/m0/s1. The molecule has 0 aliphatic carbocycles. The van der Waals surface area contributed by atoms with Crippen molar-refractivity contribution in [3.8, 4) is 29.0 Å². The van der Waals surface area contributed by atoms with Gasteiger partial charge in [-0.25, -0.2) is 17.6 Å². The third-order valence-electron chi connectivity index (χ3n) is 9.28. The van der Waals surface area contributed by atoms with Gasteiger partial charge in [0.1, 0.15) is 41.4 Å². The van der Waals surface area contributed by atoms with Crippen molar-refractivity contribution >= 4 is 54.7 Å². The Kier molecular flexibility index (Phi) is 7.93. The van der Waals surface area contributed by atoms with Gasteiger partial charge in [0.15, 0.2) is 11.6 Å². The zero-order valence-corrected chi connectivity index (χ0v) is 26.7. The van der Waals surface area contributed by atoms with E-state index < -0.39 is 30.5 Å². The number of fused-ring (bicyclic) bond motifs is 2. The van der Waals surface area contributed by atoms with E-state index in [0.29, 0.717) is 0 Å². The first-order valence-electron chi connectivity index (χ1n) is 15.0. The molecule has 5 heterocycles. The van der Waals surface area contributed by atoms with Gasteiger partial charge >= 0.3 is 6.01 Å². The molecular weight excluding hydrogens is 656 g/mol. The van der Waals surface area contributed by atoms with Gasteiger partial charge in [-0.1, -0.05) is 35.9 Å². The number of alkyl halides is 2. The van der Waals surface area contributed by atoms with Crippen molar-refractivity contribution in [1.29, 1.82) is 5.26 Å². The number of aromatic nitrogens is 2. The Morgan fingerprint density at radius 2 is 2.11 bits per heavy atom. The Morgan fingerprint density at radius 1 is 1.30 bits per heavy atom. The summed E-state index contributed by atoms with van der Waals surface area (Å²) in [4.78, 5) is 13.1. The maximum absolute atomic E-state index is 17.1. The monoisotopic (exact) mass is 684 g/mol. The molecule has 2 aromatic heterocycles. The van der Waals surface area contributed by atoms with Crippen molar-refractivity contribution in [3.05, 3.63) is 59.2 Å². The number of hydrogen-bond acceptors (Lipinski definition) is 9. The van der Waals surface area contributed by atoms with Crippen LogP contribution in [-0.4, -0.2) is 65.7 Å². The summed E-state index contributed by atoms with van der Waals surface area (Å²) in [6, 6.07) is 3.67. The third-order valence-corrected chi connectivity index (χ3v) is 10.7. The Balaban J connectivity index is 1.47. The highest BCUT2D eigenvalue weighted by atomic mass is 35.5. The summed E-state index contributed by atoms with van der Waals surface area (Å²) >= 11 is 7.81. The van der Waals surface area contributed by atoms with Crippen molar-refractivity contribution in [1.82, 2.24) is 14.9 Å². The zero-order valence-electron chi connectivity index (χ0n) is 25.1. The minimum Gasteiger partial charge on any atom is -0.489 e. The number of nitrogen functional groups attached to an aromatic ring is 1. The SMILES string of the molecule is C=CC1COc2c(Cl)c(-c3ccc(F)c4sc(N)c(C#N)c34)c(F)c3nc(OC[C@@]45CCCN4CC(=C)C5)nc(c23)N1CCC(F)F. The van der Waals surface area contributed by atoms with Gasteiger partial charge in [0.05, 0.1) is 32.3 Å². The summed E-state index contributed by atoms with van der Waals surface area (Å²) in [5, 5.41) is 9.95. The van der Waals surface area contributed by atoms with Gasteiger partial charge in [-0.3, -0.25) is 4.90 Å². The lowest BCUT2D eigenvalue weighted by atomic mass is 9.94. The number of hydrogen-bond donors (Lipinski definition) is 1. The van der Waals surface area contributed by atoms with E-state index in [1.165, 1.54) is 12.1 Å². The van der Waals surface area contributed by atoms with Crippen LogP contribution in [0.1, 0.15) is 31.2 Å². The van der Waals surface area contributed by atoms with Crippen molar-refractivity contribution in [3.63, 3.8) is 0 Å². The summed E-state index contributed by atoms with van der Waals surface area (Å²) in [6.45, 7) is 9.67. The smallest absolute Gasteiger partial charge is 0.319 e. The third kappa shape index (κ3) is 5.05. The second-order valence-corrected chi connectivity index (χ2v) is 13.5. The Labute approximate surface area is 276 Å². The molecule has 2 atom stereocenters. The van der Waals surface area contributed by atoms with Crippen molar-refractivity contribution < 1.29 is 27.0 Å². The summed E-state index contributed by atoms with van der Waals surface area (Å²) < 4.78 is 71.6. The van der Waals surface area contributed by atoms with E-state index in [9.17, 15) is 18.4 Å². The molecule has 244 valence electrons. The first-order chi connectivity index (χ1) is 22.6. The molecule has 1 unspecified atom stereocenters. The molecule has 0 bridgehead atoms. The van der Waals surface area contributed by atoms with Gasteiger partial charge in [0, 0.05) is 30.5 Å². The number of nitrogens with two attached hydrogens (primary N) is 1. The molecule has 0 amide bonds. The number of nitriles is 1. The largest absolute Gasteiger partial charge is 0.489 e. The average molecular weight is 685 g/mol. The van der Waals surface area contributed by atoms with Crippen molar-refractivity contribution in [2.75, 3.05) is 43.5 Å². The fraction of sp³-hybridized carbons (Fsp3) is 0.364. The molecule has 2 fully saturated rings. The molecule has 7 rings (SSSR count). The average Bonchev–Trinajstić information content (AvgIpc) is 3.65. The van der Waals surface area contributed by atoms with E-state index in [1.54, 1.807) is 4.90 Å². The van der Waals surface area contributed by atoms with Crippen LogP contribution in [-0.2, 0) is 0 Å². The van der Waals surface area contributed by atoms with Gasteiger partial charge in [-0.05, 0) is 37.4 Å². The van der Waals surface area contributed by atoms with Gasteiger partial charge in [0.25, 0.3) is 0 Å². The molecule has 0 radical (unpaired) electrons. The van der Waals surface area contributed by atoms with Crippen LogP contribution in [0.4, 0.5) is 28.4 Å². The molecule has 8 nitrogen and oxygen atoms in total. The highest BCUT2D eigenvalue weighted by molar-refractivity contribution is 7.23. The molecule has 2 N–H and O–H groups in total. The van der Waals surface area contributed by atoms with E-state index in [2.05, 4.69) is 28.0 Å². The van der Waals surface area contributed by atoms with Crippen molar-refractivity contribution in [2.45, 2.75) is 43.7 Å². The Bertz CT molecular complexity index is 2020. The number of anilines is 2. The molecule has 47 heavy (non-hydrogen) atoms. The van der Waals surface area contributed by atoms with Crippen LogP contribution in [0.3, 0.4) is 0 Å². The molecule has 0 saturated carbocycles. The molecule has 14 heteroatoms. The van der Waals surface area contributed by atoms with Crippen LogP contribution < -0.4 is 20.1 Å². The number of benzene rings is 2. The Hall–Kier alpha value is -4.12. The van der Waals surface area contributed by atoms with E-state index in [1.807, 2.05) is 6.07 Å². The first kappa shape index (κ1) is 31.5. The van der Waals surface area contributed by atoms with Crippen molar-refractivity contribution in [2.24, 2.45) is 0 Å². The fourth-order valence-electron chi connectivity index (χ4n) is 7.15. The lowest BCUT2D eigenvalue weighted by molar-refractivity contribution is 0.108.